The van der Waals surface area contributed by atoms with Gasteiger partial charge in [-0.3, -0.25) is 4.79 Å². The van der Waals surface area contributed by atoms with Crippen LogP contribution < -0.4 is 5.32 Å². The first-order valence-electron chi connectivity index (χ1n) is 6.13. The molecule has 0 aliphatic heterocycles. The topological polar surface area (TPSA) is 34.0 Å². The number of carbonyl (C=O) groups excluding carboxylic acids is 1. The minimum atomic E-state index is -0.559. The number of nitrogens with zero attached hydrogens (tertiary/aromatic N) is 1. The van der Waals surface area contributed by atoms with Gasteiger partial charge in [-0.2, -0.15) is 0 Å². The zero-order chi connectivity index (χ0) is 15.7. The second-order valence-electron chi connectivity index (χ2n) is 4.74. The number of carbonyl (C=O) groups is 1. The minimum Gasteiger partial charge on any atom is -0.340 e. The lowest BCUT2D eigenvalue weighted by molar-refractivity contribution is 0.101. The molecule has 0 spiro atoms. The molecule has 0 saturated heterocycles. The quantitative estimate of drug-likeness (QED) is 0.730. The number of hydrogen-bond acceptors (Lipinski definition) is 1. The Labute approximate surface area is 140 Å². The number of amides is 1. The van der Waals surface area contributed by atoms with Crippen molar-refractivity contribution in [3.63, 3.8) is 0 Å². The van der Waals surface area contributed by atoms with Gasteiger partial charge in [0.15, 0.2) is 0 Å². The Morgan fingerprint density at radius 2 is 1.86 bits per heavy atom. The molecule has 0 bridgehead atoms. The van der Waals surface area contributed by atoms with Crippen molar-refractivity contribution in [3.05, 3.63) is 50.4 Å². The van der Waals surface area contributed by atoms with E-state index in [4.69, 9.17) is 23.2 Å². The zero-order valence-corrected chi connectivity index (χ0v) is 14.4. The maximum atomic E-state index is 13.2. The van der Waals surface area contributed by atoms with E-state index < -0.39 is 5.82 Å². The van der Waals surface area contributed by atoms with Gasteiger partial charge in [0.2, 0.25) is 0 Å². The molecule has 1 heterocycles. The minimum absolute atomic E-state index is 0.0510. The van der Waals surface area contributed by atoms with Crippen molar-refractivity contribution < 1.29 is 9.18 Å². The molecule has 1 aromatic carbocycles. The largest absolute Gasteiger partial charge is 0.340 e. The Kier molecular flexibility index (Phi) is 4.96. The van der Waals surface area contributed by atoms with Crippen LogP contribution in [0.2, 0.25) is 10.0 Å². The summed E-state index contributed by atoms with van der Waals surface area (Å²) >= 11 is 15.2. The van der Waals surface area contributed by atoms with Crippen LogP contribution in [-0.4, -0.2) is 10.5 Å². The van der Waals surface area contributed by atoms with Crippen LogP contribution in [0.15, 0.2) is 28.9 Å². The fourth-order valence-electron chi connectivity index (χ4n) is 1.89. The first-order chi connectivity index (χ1) is 9.79. The van der Waals surface area contributed by atoms with Crippen molar-refractivity contribution in [2.75, 3.05) is 5.32 Å². The number of halogens is 4. The number of anilines is 1. The van der Waals surface area contributed by atoms with Gasteiger partial charge in [-0.1, -0.05) is 23.2 Å². The summed E-state index contributed by atoms with van der Waals surface area (Å²) < 4.78 is 15.7. The van der Waals surface area contributed by atoms with Gasteiger partial charge in [0.05, 0.1) is 15.7 Å². The molecule has 2 aromatic rings. The third kappa shape index (κ3) is 3.59. The monoisotopic (exact) mass is 392 g/mol. The van der Waals surface area contributed by atoms with E-state index >= 15 is 0 Å². The molecule has 0 aliphatic carbocycles. The second kappa shape index (κ2) is 6.38. The van der Waals surface area contributed by atoms with Gasteiger partial charge in [0.25, 0.3) is 5.91 Å². The predicted octanol–water partition coefficient (Wildman–Crippen LogP) is 5.53. The molecule has 0 saturated carbocycles. The van der Waals surface area contributed by atoms with Crippen LogP contribution in [0.4, 0.5) is 10.1 Å². The van der Waals surface area contributed by atoms with Gasteiger partial charge < -0.3 is 9.88 Å². The normalized spacial score (nSPS) is 11.0. The van der Waals surface area contributed by atoms with Crippen LogP contribution in [0, 0.1) is 5.82 Å². The molecule has 3 nitrogen and oxygen atoms in total. The molecular formula is C14H12BrCl2FN2O. The van der Waals surface area contributed by atoms with Crippen molar-refractivity contribution in [2.24, 2.45) is 0 Å². The lowest BCUT2D eigenvalue weighted by atomic mass is 10.3. The van der Waals surface area contributed by atoms with E-state index in [0.717, 1.165) is 16.6 Å². The lowest BCUT2D eigenvalue weighted by Gasteiger charge is -2.14. The molecule has 7 heteroatoms. The SMILES string of the molecule is CC(C)n1cc(Br)cc1C(=O)Nc1c(Cl)cc(F)cc1Cl. The molecule has 1 amide bonds. The third-order valence-electron chi connectivity index (χ3n) is 2.85. The summed E-state index contributed by atoms with van der Waals surface area (Å²) in [6, 6.07) is 4.00. The van der Waals surface area contributed by atoms with E-state index in [0.29, 0.717) is 5.69 Å². The fourth-order valence-corrected chi connectivity index (χ4v) is 2.89. The molecule has 2 rings (SSSR count). The van der Waals surface area contributed by atoms with E-state index in [1.807, 2.05) is 24.6 Å². The van der Waals surface area contributed by atoms with Gasteiger partial charge >= 0.3 is 0 Å². The smallest absolute Gasteiger partial charge is 0.272 e. The average molecular weight is 394 g/mol. The van der Waals surface area contributed by atoms with Gasteiger partial charge in [0, 0.05) is 16.7 Å². The fraction of sp³-hybridized carbons (Fsp3) is 0.214. The average Bonchev–Trinajstić information content (AvgIpc) is 2.76. The first-order valence-corrected chi connectivity index (χ1v) is 7.67. The summed E-state index contributed by atoms with van der Waals surface area (Å²) in [5.74, 6) is -0.930. The zero-order valence-electron chi connectivity index (χ0n) is 11.3. The molecule has 0 fully saturated rings. The number of aromatic nitrogens is 1. The van der Waals surface area contributed by atoms with Gasteiger partial charge in [-0.05, 0) is 48.0 Å². The van der Waals surface area contributed by atoms with Crippen molar-refractivity contribution in [3.8, 4) is 0 Å². The predicted molar refractivity (Wildman–Crippen MR) is 86.9 cm³/mol. The molecule has 21 heavy (non-hydrogen) atoms. The number of hydrogen-bond donors (Lipinski definition) is 1. The van der Waals surface area contributed by atoms with Crippen LogP contribution in [0.3, 0.4) is 0 Å². The Balaban J connectivity index is 2.35. The summed E-state index contributed by atoms with van der Waals surface area (Å²) in [5.41, 5.74) is 0.644. The highest BCUT2D eigenvalue weighted by Gasteiger charge is 2.18. The van der Waals surface area contributed by atoms with Crippen molar-refractivity contribution >= 4 is 50.7 Å². The molecule has 0 unspecified atom stereocenters. The van der Waals surface area contributed by atoms with E-state index in [-0.39, 0.29) is 27.7 Å². The van der Waals surface area contributed by atoms with Crippen molar-refractivity contribution in [2.45, 2.75) is 19.9 Å². The highest BCUT2D eigenvalue weighted by atomic mass is 79.9. The second-order valence-corrected chi connectivity index (χ2v) is 6.47. The van der Waals surface area contributed by atoms with Gasteiger partial charge in [-0.25, -0.2) is 4.39 Å². The van der Waals surface area contributed by atoms with Crippen LogP contribution in [0.25, 0.3) is 0 Å². The Bertz CT molecular complexity index is 677. The molecule has 0 atom stereocenters. The molecule has 1 aromatic heterocycles. The van der Waals surface area contributed by atoms with E-state index in [9.17, 15) is 9.18 Å². The summed E-state index contributed by atoms with van der Waals surface area (Å²) in [6.07, 6.45) is 1.81. The maximum absolute atomic E-state index is 13.2. The Morgan fingerprint density at radius 3 is 2.38 bits per heavy atom. The summed E-state index contributed by atoms with van der Waals surface area (Å²) in [7, 11) is 0. The van der Waals surface area contributed by atoms with E-state index in [2.05, 4.69) is 21.2 Å². The number of rotatable bonds is 3. The van der Waals surface area contributed by atoms with Crippen LogP contribution in [-0.2, 0) is 0 Å². The van der Waals surface area contributed by atoms with Crippen molar-refractivity contribution in [1.29, 1.82) is 0 Å². The summed E-state index contributed by atoms with van der Waals surface area (Å²) in [5, 5.41) is 2.72. The Morgan fingerprint density at radius 1 is 1.29 bits per heavy atom. The first kappa shape index (κ1) is 16.3. The molecule has 0 radical (unpaired) electrons. The standard InChI is InChI=1S/C14H12BrCl2FN2O/c1-7(2)20-6-8(15)3-12(20)14(21)19-13-10(16)4-9(18)5-11(13)17/h3-7H,1-2H3,(H,19,21). The molecule has 112 valence electrons. The highest BCUT2D eigenvalue weighted by molar-refractivity contribution is 9.10. The number of benzene rings is 1. The molecule has 1 N–H and O–H groups in total. The third-order valence-corrected chi connectivity index (χ3v) is 3.88. The van der Waals surface area contributed by atoms with Crippen LogP contribution in [0.1, 0.15) is 30.4 Å². The molecule has 0 aliphatic rings. The maximum Gasteiger partial charge on any atom is 0.272 e. The lowest BCUT2D eigenvalue weighted by Crippen LogP contribution is -2.18. The van der Waals surface area contributed by atoms with E-state index in [1.165, 1.54) is 0 Å². The van der Waals surface area contributed by atoms with Crippen LogP contribution >= 0.6 is 39.1 Å². The van der Waals surface area contributed by atoms with Gasteiger partial charge in [-0.15, -0.1) is 0 Å². The summed E-state index contributed by atoms with van der Waals surface area (Å²) in [4.78, 5) is 12.4. The molecular weight excluding hydrogens is 382 g/mol. The van der Waals surface area contributed by atoms with Crippen molar-refractivity contribution in [1.82, 2.24) is 4.57 Å². The van der Waals surface area contributed by atoms with Gasteiger partial charge in [0.1, 0.15) is 11.5 Å². The van der Waals surface area contributed by atoms with E-state index in [1.54, 1.807) is 6.07 Å². The highest BCUT2D eigenvalue weighted by Crippen LogP contribution is 2.32. The summed E-state index contributed by atoms with van der Waals surface area (Å²) in [6.45, 7) is 3.92. The van der Waals surface area contributed by atoms with Crippen LogP contribution in [0.5, 0.6) is 0 Å². The Hall–Kier alpha value is -1.04. The number of nitrogens with one attached hydrogen (secondary N) is 1.